The zero-order chi connectivity index (χ0) is 21.5. The lowest BCUT2D eigenvalue weighted by Crippen LogP contribution is -2.54. The van der Waals surface area contributed by atoms with Gasteiger partial charge in [-0.15, -0.1) is 0 Å². The van der Waals surface area contributed by atoms with Crippen LogP contribution in [0.5, 0.6) is 11.5 Å². The molecule has 2 amide bonds. The first-order valence-corrected chi connectivity index (χ1v) is 10.3. The maximum Gasteiger partial charge on any atom is 0.325 e. The van der Waals surface area contributed by atoms with Gasteiger partial charge in [0, 0.05) is 23.2 Å². The predicted molar refractivity (Wildman–Crippen MR) is 111 cm³/mol. The lowest BCUT2D eigenvalue weighted by Gasteiger charge is -2.41. The standard InChI is InChI=1S/C22H29N3O5/c1-14-9-18-22(5-7-23-8-6-22)25(13-19(26)30-4)21(27)24(18)12-15-10-16(28-2)11-17(29-3)20(14)15/h9-11,14,23H,5-8,12-13H2,1-4H3/t14-/m0/s1. The lowest BCUT2D eigenvalue weighted by molar-refractivity contribution is -0.142. The van der Waals surface area contributed by atoms with E-state index in [-0.39, 0.29) is 18.5 Å². The number of fused-ring (bicyclic) bond motifs is 3. The number of methoxy groups -OCH3 is 3. The predicted octanol–water partition coefficient (Wildman–Crippen LogP) is 2.24. The summed E-state index contributed by atoms with van der Waals surface area (Å²) in [4.78, 5) is 29.2. The van der Waals surface area contributed by atoms with Gasteiger partial charge in [-0.3, -0.25) is 9.69 Å². The molecule has 2 fully saturated rings. The number of nitrogens with zero attached hydrogens (tertiary/aromatic N) is 2. The molecule has 0 unspecified atom stereocenters. The van der Waals surface area contributed by atoms with Crippen LogP contribution in [0.25, 0.3) is 0 Å². The van der Waals surface area contributed by atoms with Crippen LogP contribution in [0.15, 0.2) is 23.9 Å². The van der Waals surface area contributed by atoms with Crippen LogP contribution in [0.1, 0.15) is 36.8 Å². The Bertz CT molecular complexity index is 891. The fourth-order valence-corrected chi connectivity index (χ4v) is 5.08. The minimum atomic E-state index is -0.510. The van der Waals surface area contributed by atoms with Gasteiger partial charge in [-0.25, -0.2) is 4.79 Å². The van der Waals surface area contributed by atoms with Gasteiger partial charge in [-0.1, -0.05) is 13.0 Å². The molecular formula is C22H29N3O5. The Balaban J connectivity index is 1.83. The van der Waals surface area contributed by atoms with E-state index in [2.05, 4.69) is 18.3 Å². The van der Waals surface area contributed by atoms with Crippen molar-refractivity contribution >= 4 is 12.0 Å². The number of benzene rings is 1. The van der Waals surface area contributed by atoms with Crippen molar-refractivity contribution in [3.63, 3.8) is 0 Å². The first-order valence-electron chi connectivity index (χ1n) is 10.3. The van der Waals surface area contributed by atoms with Crippen LogP contribution in [0.4, 0.5) is 4.79 Å². The molecule has 0 bridgehead atoms. The van der Waals surface area contributed by atoms with Crippen molar-refractivity contribution in [2.24, 2.45) is 0 Å². The topological polar surface area (TPSA) is 80.3 Å². The summed E-state index contributed by atoms with van der Waals surface area (Å²) in [6.07, 6.45) is 3.67. The maximum atomic E-state index is 13.6. The molecule has 0 aromatic heterocycles. The van der Waals surface area contributed by atoms with Crippen LogP contribution in [-0.4, -0.2) is 68.3 Å². The smallest absolute Gasteiger partial charge is 0.325 e. The fraction of sp³-hybridized carbons (Fsp3) is 0.545. The summed E-state index contributed by atoms with van der Waals surface area (Å²) in [6, 6.07) is 3.70. The molecule has 3 heterocycles. The summed E-state index contributed by atoms with van der Waals surface area (Å²) in [7, 11) is 4.62. The zero-order valence-corrected chi connectivity index (χ0v) is 18.0. The number of rotatable bonds is 4. The van der Waals surface area contributed by atoms with E-state index < -0.39 is 11.5 Å². The van der Waals surface area contributed by atoms with Crippen LogP contribution >= 0.6 is 0 Å². The van der Waals surface area contributed by atoms with Crippen LogP contribution in [0, 0.1) is 0 Å². The molecule has 0 radical (unpaired) electrons. The normalized spacial score (nSPS) is 22.2. The van der Waals surface area contributed by atoms with Crippen LogP contribution in [0.2, 0.25) is 0 Å². The average Bonchev–Trinajstić information content (AvgIpc) is 2.88. The SMILES string of the molecule is COC(=O)CN1C(=O)N2Cc3cc(OC)cc(OC)c3[C@@H](C)C=C2C12CCNCC2. The molecule has 4 rings (SSSR count). The Hall–Kier alpha value is -2.74. The number of carbonyl (C=O) groups is 2. The summed E-state index contributed by atoms with van der Waals surface area (Å²) in [5.74, 6) is 1.08. The molecule has 1 N–H and O–H groups in total. The Morgan fingerprint density at radius 2 is 1.93 bits per heavy atom. The van der Waals surface area contributed by atoms with E-state index in [1.54, 1.807) is 19.1 Å². The molecule has 3 aliphatic rings. The van der Waals surface area contributed by atoms with Crippen molar-refractivity contribution in [1.82, 2.24) is 15.1 Å². The van der Waals surface area contributed by atoms with Gasteiger partial charge < -0.3 is 24.4 Å². The molecular weight excluding hydrogens is 386 g/mol. The number of nitrogens with one attached hydrogen (secondary N) is 1. The van der Waals surface area contributed by atoms with Crippen molar-refractivity contribution in [1.29, 1.82) is 0 Å². The number of esters is 1. The third-order valence-corrected chi connectivity index (χ3v) is 6.54. The van der Waals surface area contributed by atoms with E-state index in [9.17, 15) is 9.59 Å². The van der Waals surface area contributed by atoms with Gasteiger partial charge in [0.1, 0.15) is 18.0 Å². The zero-order valence-electron chi connectivity index (χ0n) is 18.0. The van der Waals surface area contributed by atoms with Gasteiger partial charge in [0.25, 0.3) is 0 Å². The van der Waals surface area contributed by atoms with E-state index in [4.69, 9.17) is 14.2 Å². The summed E-state index contributed by atoms with van der Waals surface area (Å²) >= 11 is 0. The molecule has 1 spiro atoms. The van der Waals surface area contributed by atoms with E-state index >= 15 is 0 Å². The number of allylic oxidation sites excluding steroid dienone is 1. The second kappa shape index (κ2) is 7.83. The molecule has 30 heavy (non-hydrogen) atoms. The van der Waals surface area contributed by atoms with Crippen molar-refractivity contribution in [2.75, 3.05) is 41.0 Å². The lowest BCUT2D eigenvalue weighted by atomic mass is 9.82. The highest BCUT2D eigenvalue weighted by atomic mass is 16.5. The van der Waals surface area contributed by atoms with Crippen molar-refractivity contribution in [3.8, 4) is 11.5 Å². The maximum absolute atomic E-state index is 13.6. The molecule has 0 aliphatic carbocycles. The third kappa shape index (κ3) is 3.10. The molecule has 0 saturated carbocycles. The van der Waals surface area contributed by atoms with Gasteiger partial charge in [-0.2, -0.15) is 0 Å². The largest absolute Gasteiger partial charge is 0.497 e. The van der Waals surface area contributed by atoms with Gasteiger partial charge in [0.05, 0.1) is 33.4 Å². The van der Waals surface area contributed by atoms with E-state index in [0.29, 0.717) is 12.3 Å². The molecule has 1 aromatic carbocycles. The molecule has 8 nitrogen and oxygen atoms in total. The Morgan fingerprint density at radius 3 is 2.57 bits per heavy atom. The van der Waals surface area contributed by atoms with Crippen molar-refractivity contribution < 1.29 is 23.8 Å². The molecule has 1 aromatic rings. The Morgan fingerprint density at radius 1 is 1.20 bits per heavy atom. The molecule has 1 atom stereocenters. The fourth-order valence-electron chi connectivity index (χ4n) is 5.08. The van der Waals surface area contributed by atoms with Crippen LogP contribution in [-0.2, 0) is 16.1 Å². The van der Waals surface area contributed by atoms with Gasteiger partial charge in [0.2, 0.25) is 0 Å². The first kappa shape index (κ1) is 20.5. The van der Waals surface area contributed by atoms with E-state index in [1.165, 1.54) is 7.11 Å². The van der Waals surface area contributed by atoms with Gasteiger partial charge in [0.15, 0.2) is 0 Å². The molecule has 8 heteroatoms. The van der Waals surface area contributed by atoms with Gasteiger partial charge >= 0.3 is 12.0 Å². The number of ether oxygens (including phenoxy) is 3. The number of amides is 2. The molecule has 2 saturated heterocycles. The van der Waals surface area contributed by atoms with Crippen LogP contribution in [0.3, 0.4) is 0 Å². The highest BCUT2D eigenvalue weighted by molar-refractivity contribution is 5.87. The summed E-state index contributed by atoms with van der Waals surface area (Å²) in [6.45, 7) is 4.05. The van der Waals surface area contributed by atoms with Crippen LogP contribution < -0.4 is 14.8 Å². The second-order valence-corrected chi connectivity index (χ2v) is 8.06. The quantitative estimate of drug-likeness (QED) is 0.760. The Labute approximate surface area is 176 Å². The number of piperidine rings is 1. The second-order valence-electron chi connectivity index (χ2n) is 8.06. The highest BCUT2D eigenvalue weighted by Gasteiger charge is 2.55. The molecule has 162 valence electrons. The summed E-state index contributed by atoms with van der Waals surface area (Å²) in [5.41, 5.74) is 2.52. The van der Waals surface area contributed by atoms with E-state index in [0.717, 1.165) is 48.5 Å². The number of carbonyl (C=O) groups excluding carboxylic acids is 2. The van der Waals surface area contributed by atoms with Gasteiger partial charge in [-0.05, 0) is 37.6 Å². The summed E-state index contributed by atoms with van der Waals surface area (Å²) < 4.78 is 16.0. The number of hydrogen-bond donors (Lipinski definition) is 1. The Kier molecular flexibility index (Phi) is 5.36. The number of urea groups is 1. The monoisotopic (exact) mass is 415 g/mol. The average molecular weight is 415 g/mol. The highest BCUT2D eigenvalue weighted by Crippen LogP contribution is 2.48. The third-order valence-electron chi connectivity index (χ3n) is 6.54. The number of hydrogen-bond acceptors (Lipinski definition) is 6. The van der Waals surface area contributed by atoms with Crippen molar-refractivity contribution in [3.05, 3.63) is 35.0 Å². The first-order chi connectivity index (χ1) is 14.4. The van der Waals surface area contributed by atoms with E-state index in [1.807, 2.05) is 17.0 Å². The minimum absolute atomic E-state index is 0.0403. The minimum Gasteiger partial charge on any atom is -0.497 e. The summed E-state index contributed by atoms with van der Waals surface area (Å²) in [5, 5.41) is 3.37. The molecule has 3 aliphatic heterocycles. The van der Waals surface area contributed by atoms with Crippen molar-refractivity contribution in [2.45, 2.75) is 37.8 Å².